The van der Waals surface area contributed by atoms with Crippen molar-refractivity contribution in [2.45, 2.75) is 13.3 Å². The molecule has 1 aromatic rings. The predicted octanol–water partition coefficient (Wildman–Crippen LogP) is 2.74. The Balaban J connectivity index is 0.00000289. The number of rotatable bonds is 6. The molecule has 0 aliphatic rings. The van der Waals surface area contributed by atoms with Gasteiger partial charge in [0.2, 0.25) is 0 Å². The van der Waals surface area contributed by atoms with Crippen LogP contribution in [0, 0.1) is 5.82 Å². The molecule has 0 heterocycles. The van der Waals surface area contributed by atoms with Gasteiger partial charge in [0.15, 0.2) is 0 Å². The molecule has 1 amide bonds. The highest BCUT2D eigenvalue weighted by Crippen LogP contribution is 2.16. The van der Waals surface area contributed by atoms with Crippen molar-refractivity contribution in [3.05, 3.63) is 34.1 Å². The van der Waals surface area contributed by atoms with Crippen LogP contribution in [0.15, 0.2) is 22.7 Å². The summed E-state index contributed by atoms with van der Waals surface area (Å²) >= 11 is 3.05. The molecule has 3 nitrogen and oxygen atoms in total. The van der Waals surface area contributed by atoms with E-state index in [1.807, 2.05) is 0 Å². The van der Waals surface area contributed by atoms with Gasteiger partial charge in [-0.3, -0.25) is 4.79 Å². The Kier molecular flexibility index (Phi) is 8.97. The van der Waals surface area contributed by atoms with Crippen LogP contribution in [-0.2, 0) is 0 Å². The molecule has 102 valence electrons. The molecule has 0 aliphatic carbocycles. The first-order chi connectivity index (χ1) is 8.15. The highest BCUT2D eigenvalue weighted by Gasteiger charge is 2.07. The fourth-order valence-electron chi connectivity index (χ4n) is 1.31. The highest BCUT2D eigenvalue weighted by molar-refractivity contribution is 9.10. The number of nitrogens with one attached hydrogen (secondary N) is 2. The fraction of sp³-hybridized carbons (Fsp3) is 0.417. The first-order valence-corrected chi connectivity index (χ1v) is 6.38. The zero-order chi connectivity index (χ0) is 12.7. The quantitative estimate of drug-likeness (QED) is 0.783. The largest absolute Gasteiger partial charge is 0.351 e. The predicted molar refractivity (Wildman–Crippen MR) is 76.8 cm³/mol. The third-order valence-corrected chi connectivity index (χ3v) is 2.80. The molecule has 0 fully saturated rings. The van der Waals surface area contributed by atoms with Gasteiger partial charge >= 0.3 is 0 Å². The lowest BCUT2D eigenvalue weighted by molar-refractivity contribution is 0.0954. The Hall–Kier alpha value is -0.650. The first kappa shape index (κ1) is 17.4. The number of benzene rings is 1. The van der Waals surface area contributed by atoms with Gasteiger partial charge in [-0.25, -0.2) is 4.39 Å². The summed E-state index contributed by atoms with van der Waals surface area (Å²) in [4.78, 5) is 11.7. The van der Waals surface area contributed by atoms with Crippen LogP contribution < -0.4 is 10.6 Å². The summed E-state index contributed by atoms with van der Waals surface area (Å²) in [6, 6.07) is 4.22. The summed E-state index contributed by atoms with van der Waals surface area (Å²) < 4.78 is 13.3. The molecule has 0 radical (unpaired) electrons. The van der Waals surface area contributed by atoms with Gasteiger partial charge < -0.3 is 10.6 Å². The average molecular weight is 340 g/mol. The van der Waals surface area contributed by atoms with Crippen LogP contribution >= 0.6 is 28.3 Å². The van der Waals surface area contributed by atoms with E-state index in [-0.39, 0.29) is 24.1 Å². The molecule has 0 saturated heterocycles. The van der Waals surface area contributed by atoms with Crippen molar-refractivity contribution in [3.8, 4) is 0 Å². The van der Waals surface area contributed by atoms with Crippen LogP contribution in [0.3, 0.4) is 0 Å². The monoisotopic (exact) mass is 338 g/mol. The minimum absolute atomic E-state index is 0. The Bertz CT molecular complexity index is 390. The number of hydrogen-bond donors (Lipinski definition) is 2. The number of halogens is 3. The van der Waals surface area contributed by atoms with Crippen LogP contribution in [0.5, 0.6) is 0 Å². The van der Waals surface area contributed by atoms with E-state index in [2.05, 4.69) is 33.5 Å². The number of hydrogen-bond acceptors (Lipinski definition) is 2. The molecular formula is C12H17BrClFN2O. The second-order valence-corrected chi connectivity index (χ2v) is 4.49. The van der Waals surface area contributed by atoms with Crippen LogP contribution in [-0.4, -0.2) is 25.5 Å². The molecule has 0 saturated carbocycles. The van der Waals surface area contributed by atoms with Gasteiger partial charge in [-0.2, -0.15) is 0 Å². The standard InChI is InChI=1S/C12H16BrFN2O.ClH/c1-2-5-15-6-7-16-12(17)9-3-4-11(14)10(13)8-9;/h3-4,8,15H,2,5-7H2,1H3,(H,16,17);1H. The normalized spacial score (nSPS) is 9.72. The van der Waals surface area contributed by atoms with E-state index >= 15 is 0 Å². The molecule has 1 rings (SSSR count). The summed E-state index contributed by atoms with van der Waals surface area (Å²) in [6.45, 7) is 4.33. The van der Waals surface area contributed by atoms with Crippen LogP contribution in [0.4, 0.5) is 4.39 Å². The van der Waals surface area contributed by atoms with Crippen molar-refractivity contribution < 1.29 is 9.18 Å². The van der Waals surface area contributed by atoms with Gasteiger partial charge in [-0.15, -0.1) is 12.4 Å². The summed E-state index contributed by atoms with van der Waals surface area (Å²) in [6.07, 6.45) is 1.07. The number of carbonyl (C=O) groups excluding carboxylic acids is 1. The number of carbonyl (C=O) groups is 1. The number of amides is 1. The lowest BCUT2D eigenvalue weighted by Gasteiger charge is -2.06. The molecule has 0 spiro atoms. The fourth-order valence-corrected chi connectivity index (χ4v) is 1.68. The zero-order valence-electron chi connectivity index (χ0n) is 10.1. The molecule has 0 atom stereocenters. The molecule has 0 unspecified atom stereocenters. The molecular weight excluding hydrogens is 322 g/mol. The van der Waals surface area contributed by atoms with Crippen molar-refractivity contribution >= 4 is 34.2 Å². The smallest absolute Gasteiger partial charge is 0.251 e. The molecule has 2 N–H and O–H groups in total. The van der Waals surface area contributed by atoms with Crippen molar-refractivity contribution in [1.82, 2.24) is 10.6 Å². The Morgan fingerprint density at radius 1 is 1.33 bits per heavy atom. The van der Waals surface area contributed by atoms with Crippen LogP contribution in [0.25, 0.3) is 0 Å². The highest BCUT2D eigenvalue weighted by atomic mass is 79.9. The van der Waals surface area contributed by atoms with Crippen molar-refractivity contribution in [2.24, 2.45) is 0 Å². The Morgan fingerprint density at radius 3 is 2.67 bits per heavy atom. The molecule has 0 bridgehead atoms. The second-order valence-electron chi connectivity index (χ2n) is 3.63. The van der Waals surface area contributed by atoms with E-state index in [4.69, 9.17) is 0 Å². The van der Waals surface area contributed by atoms with Gasteiger partial charge in [-0.05, 0) is 47.1 Å². The van der Waals surface area contributed by atoms with E-state index in [0.29, 0.717) is 16.6 Å². The third kappa shape index (κ3) is 5.80. The topological polar surface area (TPSA) is 41.1 Å². The average Bonchev–Trinajstić information content (AvgIpc) is 2.32. The van der Waals surface area contributed by atoms with E-state index in [1.54, 1.807) is 0 Å². The lowest BCUT2D eigenvalue weighted by atomic mass is 10.2. The third-order valence-electron chi connectivity index (χ3n) is 2.20. The summed E-state index contributed by atoms with van der Waals surface area (Å²) in [5.74, 6) is -0.560. The minimum atomic E-state index is -0.369. The summed E-state index contributed by atoms with van der Waals surface area (Å²) in [5.41, 5.74) is 0.453. The molecule has 6 heteroatoms. The summed E-state index contributed by atoms with van der Waals surface area (Å²) in [5, 5.41) is 5.94. The lowest BCUT2D eigenvalue weighted by Crippen LogP contribution is -2.32. The summed E-state index contributed by atoms with van der Waals surface area (Å²) in [7, 11) is 0. The molecule has 1 aromatic carbocycles. The molecule has 18 heavy (non-hydrogen) atoms. The maximum absolute atomic E-state index is 13.0. The molecule has 0 aromatic heterocycles. The van der Waals surface area contributed by atoms with Gasteiger partial charge in [0.25, 0.3) is 5.91 Å². The maximum Gasteiger partial charge on any atom is 0.251 e. The van der Waals surface area contributed by atoms with E-state index in [9.17, 15) is 9.18 Å². The van der Waals surface area contributed by atoms with E-state index < -0.39 is 0 Å². The van der Waals surface area contributed by atoms with Crippen molar-refractivity contribution in [2.75, 3.05) is 19.6 Å². The van der Waals surface area contributed by atoms with Gasteiger partial charge in [0.1, 0.15) is 5.82 Å². The van der Waals surface area contributed by atoms with Crippen molar-refractivity contribution in [1.29, 1.82) is 0 Å². The first-order valence-electron chi connectivity index (χ1n) is 5.59. The SMILES string of the molecule is CCCNCCNC(=O)c1ccc(F)c(Br)c1.Cl. The Morgan fingerprint density at radius 2 is 2.06 bits per heavy atom. The second kappa shape index (κ2) is 9.30. The van der Waals surface area contributed by atoms with E-state index in [0.717, 1.165) is 19.5 Å². The Labute approximate surface area is 121 Å². The van der Waals surface area contributed by atoms with Gasteiger partial charge in [0, 0.05) is 18.7 Å². The van der Waals surface area contributed by atoms with Gasteiger partial charge in [0.05, 0.1) is 4.47 Å². The van der Waals surface area contributed by atoms with E-state index in [1.165, 1.54) is 18.2 Å². The molecule has 0 aliphatic heterocycles. The maximum atomic E-state index is 13.0. The van der Waals surface area contributed by atoms with Crippen LogP contribution in [0.1, 0.15) is 23.7 Å². The van der Waals surface area contributed by atoms with Gasteiger partial charge in [-0.1, -0.05) is 6.92 Å². The zero-order valence-corrected chi connectivity index (χ0v) is 12.5. The van der Waals surface area contributed by atoms with Crippen LogP contribution in [0.2, 0.25) is 0 Å². The minimum Gasteiger partial charge on any atom is -0.351 e. The van der Waals surface area contributed by atoms with Crippen molar-refractivity contribution in [3.63, 3.8) is 0 Å².